The fourth-order valence-electron chi connectivity index (χ4n) is 2.01. The number of amides is 1. The summed E-state index contributed by atoms with van der Waals surface area (Å²) in [5.41, 5.74) is 4.37. The number of carbonyl (C=O) groups is 1. The van der Waals surface area contributed by atoms with Crippen LogP contribution >= 0.6 is 0 Å². The van der Waals surface area contributed by atoms with E-state index in [4.69, 9.17) is 4.74 Å². The second-order valence-corrected chi connectivity index (χ2v) is 5.26. The third-order valence-electron chi connectivity index (χ3n) is 3.38. The predicted octanol–water partition coefficient (Wildman–Crippen LogP) is 4.02. The Bertz CT molecular complexity index is 635. The van der Waals surface area contributed by atoms with E-state index in [0.717, 1.165) is 17.0 Å². The third kappa shape index (κ3) is 4.63. The standard InChI is InChI=1S/C18H21NO2/c1-13-5-4-6-17(11-13)21-10-9-18(20)19-16-8-7-14(2)15(3)12-16/h4-8,11-12H,9-10H2,1-3H3,(H,19,20). The Hall–Kier alpha value is -2.29. The number of aryl methyl sites for hydroxylation is 3. The van der Waals surface area contributed by atoms with Crippen LogP contribution in [0.1, 0.15) is 23.1 Å². The molecule has 2 aromatic rings. The maximum absolute atomic E-state index is 11.9. The smallest absolute Gasteiger partial charge is 0.227 e. The first-order chi connectivity index (χ1) is 10.0. The van der Waals surface area contributed by atoms with E-state index in [2.05, 4.69) is 12.2 Å². The van der Waals surface area contributed by atoms with Crippen LogP contribution in [0.15, 0.2) is 42.5 Å². The van der Waals surface area contributed by atoms with E-state index in [1.54, 1.807) is 0 Å². The van der Waals surface area contributed by atoms with Crippen molar-refractivity contribution in [1.82, 2.24) is 0 Å². The highest BCUT2D eigenvalue weighted by molar-refractivity contribution is 5.90. The highest BCUT2D eigenvalue weighted by Crippen LogP contribution is 2.15. The second kappa shape index (κ2) is 6.93. The summed E-state index contributed by atoms with van der Waals surface area (Å²) in [7, 11) is 0. The zero-order valence-electron chi connectivity index (χ0n) is 12.8. The molecule has 0 radical (unpaired) electrons. The summed E-state index contributed by atoms with van der Waals surface area (Å²) in [5, 5.41) is 2.89. The molecule has 0 bridgehead atoms. The molecule has 3 heteroatoms. The molecule has 0 fully saturated rings. The molecule has 1 amide bonds. The maximum Gasteiger partial charge on any atom is 0.227 e. The van der Waals surface area contributed by atoms with Crippen molar-refractivity contribution in [1.29, 1.82) is 0 Å². The van der Waals surface area contributed by atoms with Crippen LogP contribution in [-0.2, 0) is 4.79 Å². The van der Waals surface area contributed by atoms with Crippen LogP contribution in [0.25, 0.3) is 0 Å². The maximum atomic E-state index is 11.9. The lowest BCUT2D eigenvalue weighted by Crippen LogP contribution is -2.15. The number of anilines is 1. The molecule has 3 nitrogen and oxygen atoms in total. The molecule has 2 rings (SSSR count). The van der Waals surface area contributed by atoms with Gasteiger partial charge in [-0.05, 0) is 61.7 Å². The van der Waals surface area contributed by atoms with Gasteiger partial charge in [0.05, 0.1) is 13.0 Å². The van der Waals surface area contributed by atoms with Gasteiger partial charge in [0.25, 0.3) is 0 Å². The fraction of sp³-hybridized carbons (Fsp3) is 0.278. The van der Waals surface area contributed by atoms with Crippen molar-refractivity contribution >= 4 is 11.6 Å². The van der Waals surface area contributed by atoms with Crippen LogP contribution < -0.4 is 10.1 Å². The number of nitrogens with one attached hydrogen (secondary N) is 1. The van der Waals surface area contributed by atoms with Gasteiger partial charge in [0.2, 0.25) is 5.91 Å². The van der Waals surface area contributed by atoms with Gasteiger partial charge in [-0.25, -0.2) is 0 Å². The Morgan fingerprint density at radius 3 is 2.57 bits per heavy atom. The van der Waals surface area contributed by atoms with Gasteiger partial charge in [-0.1, -0.05) is 18.2 Å². The van der Waals surface area contributed by atoms with Gasteiger partial charge >= 0.3 is 0 Å². The molecule has 2 aromatic carbocycles. The van der Waals surface area contributed by atoms with E-state index in [-0.39, 0.29) is 5.91 Å². The predicted molar refractivity (Wildman–Crippen MR) is 85.8 cm³/mol. The second-order valence-electron chi connectivity index (χ2n) is 5.26. The van der Waals surface area contributed by atoms with Gasteiger partial charge < -0.3 is 10.1 Å². The van der Waals surface area contributed by atoms with Crippen molar-refractivity contribution in [2.75, 3.05) is 11.9 Å². The molecule has 0 aliphatic carbocycles. The van der Waals surface area contributed by atoms with Crippen molar-refractivity contribution in [3.8, 4) is 5.75 Å². The first-order valence-corrected chi connectivity index (χ1v) is 7.11. The molecule has 21 heavy (non-hydrogen) atoms. The largest absolute Gasteiger partial charge is 0.493 e. The molecular weight excluding hydrogens is 262 g/mol. The van der Waals surface area contributed by atoms with Crippen LogP contribution in [0.2, 0.25) is 0 Å². The van der Waals surface area contributed by atoms with Crippen LogP contribution in [0, 0.1) is 20.8 Å². The molecule has 0 saturated heterocycles. The Balaban J connectivity index is 1.81. The Morgan fingerprint density at radius 1 is 1.05 bits per heavy atom. The first-order valence-electron chi connectivity index (χ1n) is 7.11. The number of benzene rings is 2. The summed E-state index contributed by atoms with van der Waals surface area (Å²) in [6, 6.07) is 13.7. The first kappa shape index (κ1) is 15.1. The van der Waals surface area contributed by atoms with Gasteiger partial charge in [-0.2, -0.15) is 0 Å². The van der Waals surface area contributed by atoms with Gasteiger partial charge in [-0.15, -0.1) is 0 Å². The molecule has 0 aromatic heterocycles. The normalized spacial score (nSPS) is 10.2. The molecule has 0 aliphatic rings. The lowest BCUT2D eigenvalue weighted by molar-refractivity contribution is -0.116. The molecule has 1 N–H and O–H groups in total. The minimum Gasteiger partial charge on any atom is -0.493 e. The van der Waals surface area contributed by atoms with Crippen LogP contribution in [-0.4, -0.2) is 12.5 Å². The molecule has 0 heterocycles. The number of hydrogen-bond acceptors (Lipinski definition) is 2. The zero-order valence-corrected chi connectivity index (χ0v) is 12.8. The van der Waals surface area contributed by atoms with Crippen molar-refractivity contribution in [2.45, 2.75) is 27.2 Å². The molecule has 0 unspecified atom stereocenters. The fourth-order valence-corrected chi connectivity index (χ4v) is 2.01. The van der Waals surface area contributed by atoms with Gasteiger partial charge in [0.15, 0.2) is 0 Å². The molecule has 110 valence electrons. The average molecular weight is 283 g/mol. The SMILES string of the molecule is Cc1cccc(OCCC(=O)Nc2ccc(C)c(C)c2)c1. The molecule has 0 spiro atoms. The number of hydrogen-bond donors (Lipinski definition) is 1. The van der Waals surface area contributed by atoms with E-state index < -0.39 is 0 Å². The van der Waals surface area contributed by atoms with E-state index in [0.29, 0.717) is 13.0 Å². The number of carbonyl (C=O) groups excluding carboxylic acids is 1. The van der Waals surface area contributed by atoms with Crippen molar-refractivity contribution in [2.24, 2.45) is 0 Å². The van der Waals surface area contributed by atoms with Crippen molar-refractivity contribution < 1.29 is 9.53 Å². The van der Waals surface area contributed by atoms with E-state index in [1.807, 2.05) is 56.3 Å². The zero-order chi connectivity index (χ0) is 15.2. The van der Waals surface area contributed by atoms with E-state index >= 15 is 0 Å². The van der Waals surface area contributed by atoms with Gasteiger partial charge in [-0.3, -0.25) is 4.79 Å². The quantitative estimate of drug-likeness (QED) is 0.900. The van der Waals surface area contributed by atoms with E-state index in [9.17, 15) is 4.79 Å². The third-order valence-corrected chi connectivity index (χ3v) is 3.38. The minimum absolute atomic E-state index is 0.0362. The molecule has 0 saturated carbocycles. The highest BCUT2D eigenvalue weighted by atomic mass is 16.5. The summed E-state index contributed by atoms with van der Waals surface area (Å²) in [6.07, 6.45) is 0.334. The Kier molecular flexibility index (Phi) is 4.99. The molecule has 0 aliphatic heterocycles. The van der Waals surface area contributed by atoms with Crippen molar-refractivity contribution in [3.63, 3.8) is 0 Å². The van der Waals surface area contributed by atoms with Gasteiger partial charge in [0, 0.05) is 5.69 Å². The Morgan fingerprint density at radius 2 is 1.86 bits per heavy atom. The van der Waals surface area contributed by atoms with Gasteiger partial charge in [0.1, 0.15) is 5.75 Å². The highest BCUT2D eigenvalue weighted by Gasteiger charge is 2.04. The van der Waals surface area contributed by atoms with E-state index in [1.165, 1.54) is 11.1 Å². The summed E-state index contributed by atoms with van der Waals surface area (Å²) < 4.78 is 5.58. The average Bonchev–Trinajstić information content (AvgIpc) is 2.43. The lowest BCUT2D eigenvalue weighted by Gasteiger charge is -2.09. The van der Waals surface area contributed by atoms with Crippen LogP contribution in [0.4, 0.5) is 5.69 Å². The number of rotatable bonds is 5. The summed E-state index contributed by atoms with van der Waals surface area (Å²) in [6.45, 7) is 6.47. The topological polar surface area (TPSA) is 38.3 Å². The summed E-state index contributed by atoms with van der Waals surface area (Å²) in [5.74, 6) is 0.764. The number of ether oxygens (including phenoxy) is 1. The monoisotopic (exact) mass is 283 g/mol. The Labute approximate surface area is 126 Å². The van der Waals surface area contributed by atoms with Crippen LogP contribution in [0.5, 0.6) is 5.75 Å². The van der Waals surface area contributed by atoms with Crippen LogP contribution in [0.3, 0.4) is 0 Å². The molecule has 0 atom stereocenters. The van der Waals surface area contributed by atoms with Crippen molar-refractivity contribution in [3.05, 3.63) is 59.2 Å². The lowest BCUT2D eigenvalue weighted by atomic mass is 10.1. The summed E-state index contributed by atoms with van der Waals surface area (Å²) >= 11 is 0. The minimum atomic E-state index is -0.0362. The summed E-state index contributed by atoms with van der Waals surface area (Å²) in [4.78, 5) is 11.9. The molecular formula is C18H21NO2.